The summed E-state index contributed by atoms with van der Waals surface area (Å²) in [5.41, 5.74) is 27.0. The predicted octanol–water partition coefficient (Wildman–Crippen LogP) is 16.7. The number of hydrogen-bond acceptors (Lipinski definition) is 2. The van der Waals surface area contributed by atoms with Crippen LogP contribution in [0.3, 0.4) is 0 Å². The first-order chi connectivity index (χ1) is 28.6. The van der Waals surface area contributed by atoms with Gasteiger partial charge in [-0.1, -0.05) is 66.8 Å². The van der Waals surface area contributed by atoms with E-state index in [9.17, 15) is 0 Å². The Kier molecular flexibility index (Phi) is 12.2. The van der Waals surface area contributed by atoms with Crippen LogP contribution in [0.5, 0.6) is 0 Å². The number of nitrogens with zero attached hydrogens (tertiary/aromatic N) is 2. The Balaban J connectivity index is 1.16. The van der Waals surface area contributed by atoms with E-state index in [2.05, 4.69) is 239 Å². The third-order valence-corrected chi connectivity index (χ3v) is 11.3. The van der Waals surface area contributed by atoms with E-state index in [1.165, 1.54) is 123 Å². The first-order valence-corrected chi connectivity index (χ1v) is 21.2. The molecule has 0 aliphatic rings. The van der Waals surface area contributed by atoms with Gasteiger partial charge in [0.1, 0.15) is 0 Å². The van der Waals surface area contributed by atoms with E-state index in [0.29, 0.717) is 0 Å². The Hall–Kier alpha value is -6.38. The molecule has 0 unspecified atom stereocenters. The van der Waals surface area contributed by atoms with Crippen molar-refractivity contribution in [2.45, 2.75) is 83.1 Å². The van der Waals surface area contributed by atoms with Crippen LogP contribution in [0, 0.1) is 83.1 Å². The number of aryl methyl sites for hydroxylation is 12. The van der Waals surface area contributed by atoms with Gasteiger partial charge in [0, 0.05) is 34.1 Å². The van der Waals surface area contributed by atoms with Gasteiger partial charge in [-0.25, -0.2) is 0 Å². The Morgan fingerprint density at radius 1 is 0.267 bits per heavy atom. The lowest BCUT2D eigenvalue weighted by Crippen LogP contribution is -2.12. The van der Waals surface area contributed by atoms with Crippen molar-refractivity contribution < 1.29 is 0 Å². The molecule has 0 fully saturated rings. The molecule has 0 heterocycles. The summed E-state index contributed by atoms with van der Waals surface area (Å²) < 4.78 is 0. The van der Waals surface area contributed by atoms with Crippen LogP contribution in [0.15, 0.2) is 121 Å². The molecule has 2 nitrogen and oxygen atoms in total. The van der Waals surface area contributed by atoms with Gasteiger partial charge in [0.2, 0.25) is 0 Å². The predicted molar refractivity (Wildman–Crippen MR) is 263 cm³/mol. The van der Waals surface area contributed by atoms with Gasteiger partial charge < -0.3 is 9.80 Å². The van der Waals surface area contributed by atoms with Crippen molar-refractivity contribution >= 4 is 58.4 Å². The zero-order valence-corrected chi connectivity index (χ0v) is 37.8. The lowest BCUT2D eigenvalue weighted by Gasteiger charge is -2.28. The quantitative estimate of drug-likeness (QED) is 0.127. The topological polar surface area (TPSA) is 6.48 Å². The molecular formula is C58H60N2. The van der Waals surface area contributed by atoms with Crippen molar-refractivity contribution in [1.82, 2.24) is 0 Å². The molecule has 302 valence electrons. The molecule has 0 aromatic heterocycles. The highest BCUT2D eigenvalue weighted by Gasteiger charge is 2.18. The normalized spacial score (nSPS) is 11.5. The molecule has 0 spiro atoms. The van der Waals surface area contributed by atoms with E-state index >= 15 is 0 Å². The third-order valence-electron chi connectivity index (χ3n) is 11.3. The Labute approximate surface area is 360 Å². The molecule has 7 aromatic rings. The fraction of sp³-hybridized carbons (Fsp3) is 0.207. The first kappa shape index (κ1) is 41.8. The molecule has 0 radical (unpaired) electrons. The highest BCUT2D eigenvalue weighted by atomic mass is 15.1. The second kappa shape index (κ2) is 17.5. The molecule has 7 rings (SSSR count). The molecule has 0 aliphatic heterocycles. The lowest BCUT2D eigenvalue weighted by molar-refractivity contribution is 1.21. The summed E-state index contributed by atoms with van der Waals surface area (Å²) >= 11 is 0. The van der Waals surface area contributed by atoms with Gasteiger partial charge in [-0.15, -0.1) is 0 Å². The minimum Gasteiger partial charge on any atom is -0.310 e. The molecule has 0 saturated heterocycles. The summed E-state index contributed by atoms with van der Waals surface area (Å²) in [6, 6.07) is 45.4. The van der Waals surface area contributed by atoms with Gasteiger partial charge in [-0.2, -0.15) is 0 Å². The van der Waals surface area contributed by atoms with Crippen LogP contribution in [-0.4, -0.2) is 0 Å². The average Bonchev–Trinajstić information content (AvgIpc) is 3.13. The molecular weight excluding hydrogens is 725 g/mol. The monoisotopic (exact) mass is 784 g/mol. The van der Waals surface area contributed by atoms with Gasteiger partial charge in [-0.3, -0.25) is 0 Å². The van der Waals surface area contributed by atoms with Crippen LogP contribution in [-0.2, 0) is 0 Å². The van der Waals surface area contributed by atoms with E-state index in [4.69, 9.17) is 0 Å². The molecule has 0 amide bonds. The van der Waals surface area contributed by atoms with Gasteiger partial charge >= 0.3 is 0 Å². The molecule has 2 heteroatoms. The lowest BCUT2D eigenvalue weighted by atomic mass is 9.98. The molecule has 60 heavy (non-hydrogen) atoms. The first-order valence-electron chi connectivity index (χ1n) is 21.2. The van der Waals surface area contributed by atoms with E-state index in [-0.39, 0.29) is 0 Å². The SMILES string of the molecule is Cc1cc(C)cc(N(c2cc(C)cc(C)c2)c2cc(C)c(/C=C/c3cccc(/C=C/c4c(C)cc(N(c5cc(C)cc(C)c5)c5cc(C)cc(C)c5)cc4C)c3)c(C)c2)c1. The fourth-order valence-electron chi connectivity index (χ4n) is 9.03. The largest absolute Gasteiger partial charge is 0.310 e. The van der Waals surface area contributed by atoms with Crippen LogP contribution < -0.4 is 9.80 Å². The van der Waals surface area contributed by atoms with Crippen molar-refractivity contribution in [3.63, 3.8) is 0 Å². The summed E-state index contributed by atoms with van der Waals surface area (Å²) in [6.07, 6.45) is 9.05. The third kappa shape index (κ3) is 9.56. The maximum absolute atomic E-state index is 2.41. The Bertz CT molecular complexity index is 2380. The van der Waals surface area contributed by atoms with E-state index in [0.717, 1.165) is 0 Å². The number of rotatable bonds is 10. The summed E-state index contributed by atoms with van der Waals surface area (Å²) in [6.45, 7) is 26.4. The minimum atomic E-state index is 1.17. The summed E-state index contributed by atoms with van der Waals surface area (Å²) in [4.78, 5) is 4.82. The fourth-order valence-corrected chi connectivity index (χ4v) is 9.03. The van der Waals surface area contributed by atoms with Gasteiger partial charge in [-0.05, 0) is 251 Å². The van der Waals surface area contributed by atoms with Crippen molar-refractivity contribution in [3.8, 4) is 0 Å². The summed E-state index contributed by atoms with van der Waals surface area (Å²) in [5, 5.41) is 0. The number of benzene rings is 7. The van der Waals surface area contributed by atoms with Gasteiger partial charge in [0.25, 0.3) is 0 Å². The van der Waals surface area contributed by atoms with Crippen LogP contribution in [0.1, 0.15) is 89.0 Å². The Morgan fingerprint density at radius 2 is 0.500 bits per heavy atom. The maximum Gasteiger partial charge on any atom is 0.0467 e. The van der Waals surface area contributed by atoms with Crippen LogP contribution in [0.25, 0.3) is 24.3 Å². The highest BCUT2D eigenvalue weighted by molar-refractivity contribution is 5.84. The second-order valence-corrected chi connectivity index (χ2v) is 17.4. The molecule has 0 N–H and O–H groups in total. The average molecular weight is 785 g/mol. The molecule has 7 aromatic carbocycles. The summed E-state index contributed by atoms with van der Waals surface area (Å²) in [5.74, 6) is 0. The van der Waals surface area contributed by atoms with E-state index in [1.807, 2.05) is 0 Å². The molecule has 0 bridgehead atoms. The molecule has 0 saturated carbocycles. The second-order valence-electron chi connectivity index (χ2n) is 17.4. The minimum absolute atomic E-state index is 1.17. The Morgan fingerprint density at radius 3 is 0.750 bits per heavy atom. The number of hydrogen-bond donors (Lipinski definition) is 0. The van der Waals surface area contributed by atoms with Crippen LogP contribution >= 0.6 is 0 Å². The van der Waals surface area contributed by atoms with Crippen molar-refractivity contribution in [3.05, 3.63) is 210 Å². The highest BCUT2D eigenvalue weighted by Crippen LogP contribution is 2.40. The summed E-state index contributed by atoms with van der Waals surface area (Å²) in [7, 11) is 0. The van der Waals surface area contributed by atoms with E-state index < -0.39 is 0 Å². The standard InChI is InChI=1S/C58H60N2/c1-37-20-38(2)25-51(24-37)59(52-26-39(3)21-40(4)27-52)55-32-45(9)57(46(10)33-55)18-16-49-14-13-15-50(36-49)17-19-58-47(11)34-56(35-48(58)12)60(53-28-41(5)22-42(6)29-53)54-30-43(7)23-44(8)31-54/h13-36H,1-12H3/b18-16+,19-17+. The molecule has 0 aliphatic carbocycles. The maximum atomic E-state index is 2.41. The van der Waals surface area contributed by atoms with Crippen LogP contribution in [0.2, 0.25) is 0 Å². The van der Waals surface area contributed by atoms with Crippen molar-refractivity contribution in [2.75, 3.05) is 9.80 Å². The zero-order chi connectivity index (χ0) is 42.8. The van der Waals surface area contributed by atoms with Crippen molar-refractivity contribution in [2.24, 2.45) is 0 Å². The van der Waals surface area contributed by atoms with Gasteiger partial charge in [0.05, 0.1) is 0 Å². The van der Waals surface area contributed by atoms with Crippen LogP contribution in [0.4, 0.5) is 34.1 Å². The van der Waals surface area contributed by atoms with E-state index in [1.54, 1.807) is 0 Å². The van der Waals surface area contributed by atoms with Crippen molar-refractivity contribution in [1.29, 1.82) is 0 Å². The number of anilines is 6. The van der Waals surface area contributed by atoms with Gasteiger partial charge in [0.15, 0.2) is 0 Å². The zero-order valence-electron chi connectivity index (χ0n) is 37.8. The molecule has 0 atom stereocenters. The smallest absolute Gasteiger partial charge is 0.0467 e.